The van der Waals surface area contributed by atoms with E-state index in [9.17, 15) is 5.11 Å². The van der Waals surface area contributed by atoms with E-state index >= 15 is 0 Å². The number of rotatable bonds is 4. The van der Waals surface area contributed by atoms with E-state index in [2.05, 4.69) is 17.4 Å². The highest BCUT2D eigenvalue weighted by molar-refractivity contribution is 5.37. The summed E-state index contributed by atoms with van der Waals surface area (Å²) < 4.78 is 5.83. The molecule has 3 nitrogen and oxygen atoms in total. The van der Waals surface area contributed by atoms with Crippen molar-refractivity contribution in [3.63, 3.8) is 0 Å². The second-order valence-electron chi connectivity index (χ2n) is 5.26. The van der Waals surface area contributed by atoms with Crippen LogP contribution in [0.3, 0.4) is 0 Å². The maximum Gasteiger partial charge on any atom is 0.123 e. The Labute approximate surface area is 102 Å². The summed E-state index contributed by atoms with van der Waals surface area (Å²) in [4.78, 5) is 0. The van der Waals surface area contributed by atoms with Gasteiger partial charge in [-0.25, -0.2) is 0 Å². The molecule has 1 aliphatic carbocycles. The lowest BCUT2D eigenvalue weighted by atomic mass is 9.80. The molecule has 0 spiro atoms. The largest absolute Gasteiger partial charge is 0.488 e. The molecule has 17 heavy (non-hydrogen) atoms. The minimum Gasteiger partial charge on any atom is -0.488 e. The molecule has 1 aliphatic heterocycles. The van der Waals surface area contributed by atoms with Crippen LogP contribution in [0.4, 0.5) is 0 Å². The van der Waals surface area contributed by atoms with E-state index in [4.69, 9.17) is 4.74 Å². The van der Waals surface area contributed by atoms with Gasteiger partial charge in [0.1, 0.15) is 11.9 Å². The Bertz CT molecular complexity index is 376. The van der Waals surface area contributed by atoms with Crippen molar-refractivity contribution in [2.24, 2.45) is 0 Å². The molecule has 1 aromatic rings. The van der Waals surface area contributed by atoms with Crippen LogP contribution in [0.1, 0.15) is 24.8 Å². The molecule has 0 radical (unpaired) electrons. The summed E-state index contributed by atoms with van der Waals surface area (Å²) in [5, 5.41) is 13.3. The molecule has 2 aliphatic rings. The van der Waals surface area contributed by atoms with Crippen LogP contribution in [0, 0.1) is 0 Å². The number of ether oxygens (including phenoxy) is 1. The van der Waals surface area contributed by atoms with E-state index in [1.54, 1.807) is 0 Å². The molecular formula is C14H19NO2. The van der Waals surface area contributed by atoms with Crippen LogP contribution in [0.25, 0.3) is 0 Å². The fraction of sp³-hybridized carbons (Fsp3) is 0.571. The highest BCUT2D eigenvalue weighted by Crippen LogP contribution is 2.31. The molecule has 3 rings (SSSR count). The van der Waals surface area contributed by atoms with E-state index in [1.807, 2.05) is 12.1 Å². The summed E-state index contributed by atoms with van der Waals surface area (Å²) >= 11 is 0. The van der Waals surface area contributed by atoms with Crippen molar-refractivity contribution in [1.82, 2.24) is 5.32 Å². The standard InChI is InChI=1S/C14H19NO2/c16-14(6-3-7-14)10-15-9-12-8-11-4-1-2-5-13(11)17-12/h1-2,4-5,12,15-16H,3,6-10H2. The van der Waals surface area contributed by atoms with Crippen LogP contribution in [-0.4, -0.2) is 29.9 Å². The Balaban J connectivity index is 1.46. The number of hydrogen-bond donors (Lipinski definition) is 2. The topological polar surface area (TPSA) is 41.5 Å². The van der Waals surface area contributed by atoms with Crippen molar-refractivity contribution in [1.29, 1.82) is 0 Å². The van der Waals surface area contributed by atoms with Crippen LogP contribution >= 0.6 is 0 Å². The summed E-state index contributed by atoms with van der Waals surface area (Å²) in [5.74, 6) is 1.02. The lowest BCUT2D eigenvalue weighted by Gasteiger charge is -2.37. The van der Waals surface area contributed by atoms with Gasteiger partial charge in [0.05, 0.1) is 5.60 Å². The molecule has 92 valence electrons. The predicted octanol–water partition coefficient (Wildman–Crippen LogP) is 1.49. The third-order valence-corrected chi connectivity index (χ3v) is 3.82. The molecule has 3 heteroatoms. The van der Waals surface area contributed by atoms with Gasteiger partial charge in [0.25, 0.3) is 0 Å². The number of para-hydroxylation sites is 1. The van der Waals surface area contributed by atoms with Crippen LogP contribution in [0.2, 0.25) is 0 Å². The Morgan fingerprint density at radius 2 is 2.18 bits per heavy atom. The average Bonchev–Trinajstić information content (AvgIpc) is 2.69. The lowest BCUT2D eigenvalue weighted by Crippen LogP contribution is -2.48. The monoisotopic (exact) mass is 233 g/mol. The Kier molecular flexibility index (Phi) is 2.81. The SMILES string of the molecule is OC1(CNCC2Cc3ccccc3O2)CCC1. The third-order valence-electron chi connectivity index (χ3n) is 3.82. The van der Waals surface area contributed by atoms with Crippen LogP contribution in [-0.2, 0) is 6.42 Å². The molecule has 1 atom stereocenters. The molecule has 1 saturated carbocycles. The molecule has 0 saturated heterocycles. The molecule has 1 fully saturated rings. The lowest BCUT2D eigenvalue weighted by molar-refractivity contribution is -0.0322. The van der Waals surface area contributed by atoms with E-state index < -0.39 is 5.60 Å². The van der Waals surface area contributed by atoms with Gasteiger partial charge in [-0.3, -0.25) is 0 Å². The average molecular weight is 233 g/mol. The fourth-order valence-corrected chi connectivity index (χ4v) is 2.60. The minimum absolute atomic E-state index is 0.219. The molecule has 1 unspecified atom stereocenters. The van der Waals surface area contributed by atoms with Gasteiger partial charge in [-0.15, -0.1) is 0 Å². The molecule has 2 N–H and O–H groups in total. The van der Waals surface area contributed by atoms with Crippen molar-refractivity contribution >= 4 is 0 Å². The fourth-order valence-electron chi connectivity index (χ4n) is 2.60. The zero-order chi connectivity index (χ0) is 11.7. The highest BCUT2D eigenvalue weighted by Gasteiger charge is 2.34. The van der Waals surface area contributed by atoms with E-state index in [0.29, 0.717) is 6.54 Å². The highest BCUT2D eigenvalue weighted by atomic mass is 16.5. The summed E-state index contributed by atoms with van der Waals surface area (Å²) in [6, 6.07) is 8.20. The number of nitrogens with one attached hydrogen (secondary N) is 1. The number of fused-ring (bicyclic) bond motifs is 1. The first-order chi connectivity index (χ1) is 8.25. The van der Waals surface area contributed by atoms with Crippen molar-refractivity contribution < 1.29 is 9.84 Å². The van der Waals surface area contributed by atoms with Gasteiger partial charge in [-0.1, -0.05) is 18.2 Å². The molecule has 1 heterocycles. The van der Waals surface area contributed by atoms with Crippen molar-refractivity contribution in [3.8, 4) is 5.75 Å². The maximum atomic E-state index is 9.95. The number of aliphatic hydroxyl groups is 1. The van der Waals surface area contributed by atoms with Gasteiger partial charge < -0.3 is 15.2 Å². The van der Waals surface area contributed by atoms with Gasteiger partial charge >= 0.3 is 0 Å². The molecule has 0 amide bonds. The second-order valence-corrected chi connectivity index (χ2v) is 5.26. The Morgan fingerprint density at radius 1 is 1.35 bits per heavy atom. The zero-order valence-electron chi connectivity index (χ0n) is 9.98. The minimum atomic E-state index is -0.439. The molecule has 1 aromatic carbocycles. The first kappa shape index (κ1) is 11.1. The van der Waals surface area contributed by atoms with Crippen molar-refractivity contribution in [2.75, 3.05) is 13.1 Å². The third kappa shape index (κ3) is 2.31. The number of hydrogen-bond acceptors (Lipinski definition) is 3. The summed E-state index contributed by atoms with van der Waals surface area (Å²) in [7, 11) is 0. The van der Waals surface area contributed by atoms with Crippen LogP contribution in [0.15, 0.2) is 24.3 Å². The van der Waals surface area contributed by atoms with Crippen LogP contribution in [0.5, 0.6) is 5.75 Å². The molecular weight excluding hydrogens is 214 g/mol. The second kappa shape index (κ2) is 4.31. The number of benzene rings is 1. The van der Waals surface area contributed by atoms with Gasteiger partial charge in [-0.05, 0) is 30.9 Å². The van der Waals surface area contributed by atoms with Crippen molar-refractivity contribution in [2.45, 2.75) is 37.4 Å². The summed E-state index contributed by atoms with van der Waals surface area (Å²) in [6.45, 7) is 1.51. The Morgan fingerprint density at radius 3 is 2.88 bits per heavy atom. The normalized spacial score (nSPS) is 24.9. The summed E-state index contributed by atoms with van der Waals surface area (Å²) in [5.41, 5.74) is 0.854. The smallest absolute Gasteiger partial charge is 0.123 e. The summed E-state index contributed by atoms with van der Waals surface area (Å²) in [6.07, 6.45) is 4.22. The predicted molar refractivity (Wildman–Crippen MR) is 66.2 cm³/mol. The van der Waals surface area contributed by atoms with E-state index in [-0.39, 0.29) is 6.10 Å². The van der Waals surface area contributed by atoms with Gasteiger partial charge in [0, 0.05) is 19.5 Å². The van der Waals surface area contributed by atoms with E-state index in [0.717, 1.165) is 38.0 Å². The molecule has 0 bridgehead atoms. The van der Waals surface area contributed by atoms with Crippen LogP contribution < -0.4 is 10.1 Å². The Hall–Kier alpha value is -1.06. The van der Waals surface area contributed by atoms with Gasteiger partial charge in [0.2, 0.25) is 0 Å². The van der Waals surface area contributed by atoms with E-state index in [1.165, 1.54) is 5.56 Å². The zero-order valence-corrected chi connectivity index (χ0v) is 9.98. The van der Waals surface area contributed by atoms with Crippen molar-refractivity contribution in [3.05, 3.63) is 29.8 Å². The quantitative estimate of drug-likeness (QED) is 0.828. The van der Waals surface area contributed by atoms with Gasteiger partial charge in [0.15, 0.2) is 0 Å². The first-order valence-electron chi connectivity index (χ1n) is 6.43. The molecule has 0 aromatic heterocycles. The van der Waals surface area contributed by atoms with Gasteiger partial charge in [-0.2, -0.15) is 0 Å². The first-order valence-corrected chi connectivity index (χ1v) is 6.43. The maximum absolute atomic E-state index is 9.95.